The van der Waals surface area contributed by atoms with Crippen molar-refractivity contribution in [3.8, 4) is 17.2 Å². The maximum absolute atomic E-state index is 9.59. The number of phenols is 1. The van der Waals surface area contributed by atoms with Gasteiger partial charge in [0.2, 0.25) is 5.75 Å². The summed E-state index contributed by atoms with van der Waals surface area (Å²) in [6.07, 6.45) is 17.6. The molecular formula is C25H38O5. The van der Waals surface area contributed by atoms with Crippen LogP contribution in [-0.4, -0.2) is 33.5 Å². The number of hydrogen-bond donors (Lipinski definition) is 1. The first-order valence-electron chi connectivity index (χ1n) is 9.83. The van der Waals surface area contributed by atoms with E-state index >= 15 is 0 Å². The molecule has 0 radical (unpaired) electrons. The fourth-order valence-corrected chi connectivity index (χ4v) is 1.98. The quantitative estimate of drug-likeness (QED) is 0.373. The number of phenolic OH excluding ortho intramolecular Hbond substituents is 1. The van der Waals surface area contributed by atoms with Crippen molar-refractivity contribution in [3.05, 3.63) is 78.1 Å². The third-order valence-corrected chi connectivity index (χ3v) is 3.33. The zero-order chi connectivity index (χ0) is 23.2. The molecule has 1 aromatic carbocycles. The van der Waals surface area contributed by atoms with Gasteiger partial charge >= 0.3 is 0 Å². The Kier molecular flexibility index (Phi) is 20.3. The molecule has 0 saturated heterocycles. The normalized spacial score (nSPS) is 11.4. The van der Waals surface area contributed by atoms with Crippen LogP contribution in [0.15, 0.2) is 72.6 Å². The molecule has 1 aromatic rings. The molecule has 0 amide bonds. The van der Waals surface area contributed by atoms with Gasteiger partial charge in [-0.2, -0.15) is 0 Å². The van der Waals surface area contributed by atoms with Gasteiger partial charge in [0.15, 0.2) is 11.5 Å². The number of ether oxygens (including phenoxy) is 4. The lowest BCUT2D eigenvalue weighted by atomic mass is 10.2. The van der Waals surface area contributed by atoms with Crippen LogP contribution in [0.5, 0.6) is 17.2 Å². The predicted octanol–water partition coefficient (Wildman–Crippen LogP) is 6.36. The van der Waals surface area contributed by atoms with Gasteiger partial charge in [0.1, 0.15) is 5.76 Å². The zero-order valence-corrected chi connectivity index (χ0v) is 19.6. The summed E-state index contributed by atoms with van der Waals surface area (Å²) >= 11 is 0. The second kappa shape index (κ2) is 20.8. The standard InChI is InChI=1S/C13H18O.C10H14O4.C2H6/c1-4-6-8-10-12-13(14-3)11-9-7-5-2;1-12-6-7-4-8(13-2)10(11)9(5-7)14-3;1-2/h4-12H,1-3H3;4-5,11H,6H2,1-3H3;1-2H3/b6-4+,7-5-,10-8+,11-9-,13-12-;;. The summed E-state index contributed by atoms with van der Waals surface area (Å²) in [5, 5.41) is 9.59. The van der Waals surface area contributed by atoms with Crippen LogP contribution in [0.4, 0.5) is 0 Å². The van der Waals surface area contributed by atoms with Gasteiger partial charge in [-0.3, -0.25) is 0 Å². The Morgan fingerprint density at radius 2 is 1.37 bits per heavy atom. The van der Waals surface area contributed by atoms with Gasteiger partial charge in [0.05, 0.1) is 27.9 Å². The van der Waals surface area contributed by atoms with E-state index in [4.69, 9.17) is 18.9 Å². The second-order valence-corrected chi connectivity index (χ2v) is 5.35. The van der Waals surface area contributed by atoms with E-state index in [2.05, 4.69) is 0 Å². The Labute approximate surface area is 182 Å². The van der Waals surface area contributed by atoms with Gasteiger partial charge in [-0.05, 0) is 43.7 Å². The highest BCUT2D eigenvalue weighted by atomic mass is 16.5. The Morgan fingerprint density at radius 1 is 0.833 bits per heavy atom. The Balaban J connectivity index is 0. The Hall–Kier alpha value is -2.92. The summed E-state index contributed by atoms with van der Waals surface area (Å²) in [7, 11) is 6.25. The predicted molar refractivity (Wildman–Crippen MR) is 126 cm³/mol. The molecule has 0 saturated carbocycles. The van der Waals surface area contributed by atoms with Gasteiger partial charge in [-0.1, -0.05) is 56.4 Å². The molecule has 168 valence electrons. The van der Waals surface area contributed by atoms with E-state index in [1.165, 1.54) is 14.2 Å². The third-order valence-electron chi connectivity index (χ3n) is 3.33. The van der Waals surface area contributed by atoms with Crippen LogP contribution in [0.25, 0.3) is 0 Å². The monoisotopic (exact) mass is 418 g/mol. The van der Waals surface area contributed by atoms with Crippen LogP contribution in [-0.2, 0) is 16.1 Å². The number of aromatic hydroxyl groups is 1. The van der Waals surface area contributed by atoms with Crippen molar-refractivity contribution in [1.82, 2.24) is 0 Å². The molecule has 0 aliphatic heterocycles. The minimum Gasteiger partial charge on any atom is -0.502 e. The molecule has 1 rings (SSSR count). The molecule has 5 nitrogen and oxygen atoms in total. The van der Waals surface area contributed by atoms with Crippen LogP contribution in [0.3, 0.4) is 0 Å². The first-order valence-corrected chi connectivity index (χ1v) is 9.83. The number of benzene rings is 1. The topological polar surface area (TPSA) is 57.2 Å². The minimum atomic E-state index is 0.00912. The smallest absolute Gasteiger partial charge is 0.200 e. The number of hydrogen-bond acceptors (Lipinski definition) is 5. The van der Waals surface area contributed by atoms with Gasteiger partial charge in [-0.25, -0.2) is 0 Å². The van der Waals surface area contributed by atoms with E-state index in [1.807, 2.05) is 82.4 Å². The molecule has 30 heavy (non-hydrogen) atoms. The SMILES string of the molecule is CC.COCc1cc(OC)c(O)c(OC)c1.C\C=C/C=C\C(=C\C=C\C=C\C)OC. The largest absolute Gasteiger partial charge is 0.502 e. The summed E-state index contributed by atoms with van der Waals surface area (Å²) in [4.78, 5) is 0. The van der Waals surface area contributed by atoms with E-state index in [1.54, 1.807) is 26.4 Å². The molecular weight excluding hydrogens is 380 g/mol. The summed E-state index contributed by atoms with van der Waals surface area (Å²) in [6, 6.07) is 3.42. The molecule has 0 spiro atoms. The van der Waals surface area contributed by atoms with Gasteiger partial charge in [-0.15, -0.1) is 0 Å². The van der Waals surface area contributed by atoms with E-state index in [9.17, 15) is 5.11 Å². The Morgan fingerprint density at radius 3 is 1.80 bits per heavy atom. The summed E-state index contributed by atoms with van der Waals surface area (Å²) in [6.45, 7) is 8.41. The number of rotatable bonds is 9. The highest BCUT2D eigenvalue weighted by Gasteiger charge is 2.10. The van der Waals surface area contributed by atoms with Crippen LogP contribution in [0.1, 0.15) is 33.3 Å². The molecule has 0 heterocycles. The van der Waals surface area contributed by atoms with Crippen LogP contribution < -0.4 is 9.47 Å². The molecule has 0 atom stereocenters. The first-order chi connectivity index (χ1) is 14.6. The fraction of sp³-hybridized carbons (Fsp3) is 0.360. The summed E-state index contributed by atoms with van der Waals surface area (Å²) < 4.78 is 20.1. The fourth-order valence-electron chi connectivity index (χ4n) is 1.98. The number of methoxy groups -OCH3 is 4. The lowest BCUT2D eigenvalue weighted by Crippen LogP contribution is -1.93. The lowest BCUT2D eigenvalue weighted by molar-refractivity contribution is 0.184. The third kappa shape index (κ3) is 13.3. The van der Waals surface area contributed by atoms with E-state index < -0.39 is 0 Å². The second-order valence-electron chi connectivity index (χ2n) is 5.35. The van der Waals surface area contributed by atoms with Crippen molar-refractivity contribution in [2.45, 2.75) is 34.3 Å². The average Bonchev–Trinajstić information content (AvgIpc) is 2.78. The van der Waals surface area contributed by atoms with E-state index in [0.717, 1.165) is 11.3 Å². The molecule has 0 aliphatic rings. The number of allylic oxidation sites excluding steroid dienone is 9. The molecule has 1 N–H and O–H groups in total. The summed E-state index contributed by atoms with van der Waals surface area (Å²) in [5.74, 6) is 1.62. The molecule has 0 bridgehead atoms. The van der Waals surface area contributed by atoms with Gasteiger partial charge < -0.3 is 24.1 Å². The van der Waals surface area contributed by atoms with Crippen LogP contribution in [0.2, 0.25) is 0 Å². The maximum Gasteiger partial charge on any atom is 0.200 e. The van der Waals surface area contributed by atoms with Crippen LogP contribution in [0, 0.1) is 0 Å². The molecule has 0 unspecified atom stereocenters. The van der Waals surface area contributed by atoms with Crippen molar-refractivity contribution >= 4 is 0 Å². The van der Waals surface area contributed by atoms with Crippen molar-refractivity contribution in [3.63, 3.8) is 0 Å². The average molecular weight is 419 g/mol. The zero-order valence-electron chi connectivity index (χ0n) is 19.6. The van der Waals surface area contributed by atoms with Gasteiger partial charge in [0.25, 0.3) is 0 Å². The Bertz CT molecular complexity index is 672. The van der Waals surface area contributed by atoms with Crippen molar-refractivity contribution in [2.75, 3.05) is 28.4 Å². The maximum atomic E-state index is 9.59. The molecule has 0 aromatic heterocycles. The molecule has 5 heteroatoms. The van der Waals surface area contributed by atoms with Crippen molar-refractivity contribution in [1.29, 1.82) is 0 Å². The van der Waals surface area contributed by atoms with Gasteiger partial charge in [0, 0.05) is 7.11 Å². The highest BCUT2D eigenvalue weighted by molar-refractivity contribution is 5.52. The lowest BCUT2D eigenvalue weighted by Gasteiger charge is -2.10. The first kappa shape index (κ1) is 29.3. The van der Waals surface area contributed by atoms with E-state index in [0.29, 0.717) is 18.1 Å². The van der Waals surface area contributed by atoms with Crippen molar-refractivity contribution < 1.29 is 24.1 Å². The molecule has 0 fully saturated rings. The highest BCUT2D eigenvalue weighted by Crippen LogP contribution is 2.37. The minimum absolute atomic E-state index is 0.00912. The molecule has 0 aliphatic carbocycles. The van der Waals surface area contributed by atoms with Crippen LogP contribution >= 0.6 is 0 Å². The van der Waals surface area contributed by atoms with E-state index in [-0.39, 0.29) is 5.75 Å². The summed E-state index contributed by atoms with van der Waals surface area (Å²) in [5.41, 5.74) is 0.888. The van der Waals surface area contributed by atoms with Crippen molar-refractivity contribution in [2.24, 2.45) is 0 Å².